The molecule has 0 bridgehead atoms. The van der Waals surface area contributed by atoms with E-state index in [4.69, 9.17) is 11.6 Å². The summed E-state index contributed by atoms with van der Waals surface area (Å²) in [6.07, 6.45) is 1.76. The number of nitrogens with zero attached hydrogens (tertiary/aromatic N) is 4. The second-order valence-electron chi connectivity index (χ2n) is 9.22. The highest BCUT2D eigenvalue weighted by molar-refractivity contribution is 7.22. The molecule has 1 atom stereocenters. The fraction of sp³-hybridized carbons (Fsp3) is 0.0690. The maximum absolute atomic E-state index is 13.3. The van der Waals surface area contributed by atoms with Crippen LogP contribution in [0.2, 0.25) is 5.02 Å². The molecule has 0 saturated heterocycles. The fourth-order valence-corrected chi connectivity index (χ4v) is 5.55. The van der Waals surface area contributed by atoms with Crippen LogP contribution in [-0.2, 0) is 10.3 Å². The van der Waals surface area contributed by atoms with Gasteiger partial charge < -0.3 is 15.7 Å². The highest BCUT2D eigenvalue weighted by Crippen LogP contribution is 2.31. The highest BCUT2D eigenvalue weighted by Gasteiger charge is 2.37. The molecule has 0 radical (unpaired) electrons. The zero-order valence-electron chi connectivity index (χ0n) is 21.0. The molecular formula is C29H21ClN6O3S. The molecule has 3 heterocycles. The van der Waals surface area contributed by atoms with Crippen LogP contribution in [0, 0.1) is 0 Å². The molecule has 3 N–H and O–H groups in total. The number of amides is 1. The number of thiazole rings is 1. The molecule has 0 aliphatic rings. The van der Waals surface area contributed by atoms with Gasteiger partial charge in [0.15, 0.2) is 22.1 Å². The summed E-state index contributed by atoms with van der Waals surface area (Å²) in [6, 6.07) is 25.0. The molecule has 0 aliphatic carbocycles. The zero-order chi connectivity index (χ0) is 27.9. The third-order valence-electron chi connectivity index (χ3n) is 6.57. The van der Waals surface area contributed by atoms with Gasteiger partial charge in [-0.3, -0.25) is 9.20 Å². The van der Waals surface area contributed by atoms with Crippen LogP contribution in [0.1, 0.15) is 22.8 Å². The molecule has 6 aromatic rings. The van der Waals surface area contributed by atoms with Crippen molar-refractivity contribution in [1.29, 1.82) is 0 Å². The number of halogens is 1. The van der Waals surface area contributed by atoms with E-state index in [-0.39, 0.29) is 5.56 Å². The summed E-state index contributed by atoms with van der Waals surface area (Å²) in [4.78, 5) is 30.1. The SMILES string of the molecule is CC(NC(=O)c1cccn2c(-c3ccc(Nc4nc5ccc(Cl)cc5s4)cc3)nnc12)(C(=O)O)c1ccccc1. The van der Waals surface area contributed by atoms with Crippen molar-refractivity contribution in [3.05, 3.63) is 107 Å². The van der Waals surface area contributed by atoms with Crippen LogP contribution in [0.25, 0.3) is 27.3 Å². The molecule has 40 heavy (non-hydrogen) atoms. The van der Waals surface area contributed by atoms with Gasteiger partial charge in [-0.2, -0.15) is 0 Å². The standard InChI is InChI=1S/C29H21ClN6O3S/c1-29(27(38)39,18-6-3-2-4-7-18)33-26(37)21-8-5-15-36-24(34-35-25(21)36)17-9-12-20(13-10-17)31-28-32-22-14-11-19(30)16-23(22)40-28/h2-16H,1H3,(H,31,32)(H,33,37)(H,38,39). The summed E-state index contributed by atoms with van der Waals surface area (Å²) in [5.41, 5.74) is 1.84. The average molecular weight is 569 g/mol. The average Bonchev–Trinajstić information content (AvgIpc) is 3.57. The van der Waals surface area contributed by atoms with Crippen molar-refractivity contribution in [1.82, 2.24) is 24.9 Å². The number of hydrogen-bond donors (Lipinski definition) is 3. The van der Waals surface area contributed by atoms with Gasteiger partial charge in [-0.25, -0.2) is 9.78 Å². The molecule has 6 rings (SSSR count). The van der Waals surface area contributed by atoms with Crippen LogP contribution in [0.15, 0.2) is 91.1 Å². The van der Waals surface area contributed by atoms with E-state index in [1.165, 1.54) is 18.3 Å². The van der Waals surface area contributed by atoms with Crippen LogP contribution < -0.4 is 10.6 Å². The Morgan fingerprint density at radius 1 is 0.975 bits per heavy atom. The number of benzene rings is 3. The van der Waals surface area contributed by atoms with E-state index in [0.29, 0.717) is 22.1 Å². The van der Waals surface area contributed by atoms with E-state index in [0.717, 1.165) is 26.6 Å². The number of carbonyl (C=O) groups is 2. The lowest BCUT2D eigenvalue weighted by Crippen LogP contribution is -2.49. The molecule has 1 amide bonds. The molecule has 0 fully saturated rings. The molecule has 0 spiro atoms. The Morgan fingerprint density at radius 3 is 2.50 bits per heavy atom. The van der Waals surface area contributed by atoms with Crippen molar-refractivity contribution >= 4 is 61.5 Å². The first-order chi connectivity index (χ1) is 19.3. The van der Waals surface area contributed by atoms with Gasteiger partial charge >= 0.3 is 5.97 Å². The fourth-order valence-electron chi connectivity index (χ4n) is 4.38. The first-order valence-electron chi connectivity index (χ1n) is 12.2. The summed E-state index contributed by atoms with van der Waals surface area (Å²) in [5.74, 6) is -1.21. The number of nitrogens with one attached hydrogen (secondary N) is 2. The molecule has 0 saturated carbocycles. The normalized spacial score (nSPS) is 12.8. The van der Waals surface area contributed by atoms with Crippen molar-refractivity contribution < 1.29 is 14.7 Å². The van der Waals surface area contributed by atoms with E-state index in [1.807, 2.05) is 42.5 Å². The van der Waals surface area contributed by atoms with Crippen molar-refractivity contribution in [3.8, 4) is 11.4 Å². The van der Waals surface area contributed by atoms with Gasteiger partial charge in [-0.1, -0.05) is 53.3 Å². The van der Waals surface area contributed by atoms with Gasteiger partial charge in [0.1, 0.15) is 0 Å². The van der Waals surface area contributed by atoms with E-state index in [2.05, 4.69) is 25.8 Å². The lowest BCUT2D eigenvalue weighted by molar-refractivity contribution is -0.144. The van der Waals surface area contributed by atoms with Crippen molar-refractivity contribution in [2.75, 3.05) is 5.32 Å². The van der Waals surface area contributed by atoms with Crippen LogP contribution >= 0.6 is 22.9 Å². The van der Waals surface area contributed by atoms with E-state index < -0.39 is 17.4 Å². The number of anilines is 2. The third kappa shape index (κ3) is 4.63. The van der Waals surface area contributed by atoms with Crippen LogP contribution in [0.3, 0.4) is 0 Å². The first kappa shape index (κ1) is 25.5. The van der Waals surface area contributed by atoms with E-state index in [1.54, 1.807) is 53.1 Å². The molecule has 11 heteroatoms. The quantitative estimate of drug-likeness (QED) is 0.212. The monoisotopic (exact) mass is 568 g/mol. The molecule has 1 unspecified atom stereocenters. The molecule has 3 aromatic heterocycles. The van der Waals surface area contributed by atoms with Crippen LogP contribution in [0.5, 0.6) is 0 Å². The Labute approximate surface area is 237 Å². The minimum absolute atomic E-state index is 0.207. The maximum atomic E-state index is 13.3. The van der Waals surface area contributed by atoms with Gasteiger partial charge in [0.25, 0.3) is 5.91 Å². The topological polar surface area (TPSA) is 122 Å². The lowest BCUT2D eigenvalue weighted by Gasteiger charge is -2.26. The predicted octanol–water partition coefficient (Wildman–Crippen LogP) is 6.13. The first-order valence-corrected chi connectivity index (χ1v) is 13.4. The molecular weight excluding hydrogens is 548 g/mol. The second kappa shape index (κ2) is 10.1. The highest BCUT2D eigenvalue weighted by atomic mass is 35.5. The number of aliphatic carboxylic acids is 1. The van der Waals surface area contributed by atoms with Crippen molar-refractivity contribution in [2.45, 2.75) is 12.5 Å². The molecule has 0 aliphatic heterocycles. The largest absolute Gasteiger partial charge is 0.479 e. The Kier molecular flexibility index (Phi) is 6.41. The summed E-state index contributed by atoms with van der Waals surface area (Å²) >= 11 is 7.60. The lowest BCUT2D eigenvalue weighted by atomic mass is 9.91. The number of carbonyl (C=O) groups excluding carboxylic acids is 1. The third-order valence-corrected chi connectivity index (χ3v) is 7.74. The van der Waals surface area contributed by atoms with Gasteiger partial charge in [0.2, 0.25) is 0 Å². The Hall–Kier alpha value is -4.80. The minimum Gasteiger partial charge on any atom is -0.479 e. The Bertz CT molecular complexity index is 1890. The Morgan fingerprint density at radius 2 is 1.75 bits per heavy atom. The molecule has 9 nitrogen and oxygen atoms in total. The number of pyridine rings is 1. The number of fused-ring (bicyclic) bond motifs is 2. The summed E-state index contributed by atoms with van der Waals surface area (Å²) in [6.45, 7) is 1.46. The molecule has 198 valence electrons. The van der Waals surface area contributed by atoms with Gasteiger partial charge in [-0.05, 0) is 67.1 Å². The molecule has 3 aromatic carbocycles. The number of carboxylic acid groups (broad SMARTS) is 1. The summed E-state index contributed by atoms with van der Waals surface area (Å²) < 4.78 is 2.70. The van der Waals surface area contributed by atoms with Gasteiger partial charge in [0.05, 0.1) is 15.8 Å². The smallest absolute Gasteiger partial charge is 0.333 e. The minimum atomic E-state index is -1.63. The zero-order valence-corrected chi connectivity index (χ0v) is 22.6. The number of rotatable bonds is 7. The Balaban J connectivity index is 1.26. The van der Waals surface area contributed by atoms with Crippen LogP contribution in [-0.4, -0.2) is 36.6 Å². The summed E-state index contributed by atoms with van der Waals surface area (Å²) in [7, 11) is 0. The van der Waals surface area contributed by atoms with Crippen molar-refractivity contribution in [3.63, 3.8) is 0 Å². The second-order valence-corrected chi connectivity index (χ2v) is 10.7. The maximum Gasteiger partial charge on any atom is 0.333 e. The van der Waals surface area contributed by atoms with Crippen molar-refractivity contribution in [2.24, 2.45) is 0 Å². The van der Waals surface area contributed by atoms with E-state index in [9.17, 15) is 14.7 Å². The van der Waals surface area contributed by atoms with E-state index >= 15 is 0 Å². The van der Waals surface area contributed by atoms with Crippen LogP contribution in [0.4, 0.5) is 10.8 Å². The summed E-state index contributed by atoms with van der Waals surface area (Å²) in [5, 5.41) is 25.9. The predicted molar refractivity (Wildman–Crippen MR) is 155 cm³/mol. The number of aromatic nitrogens is 4. The van der Waals surface area contributed by atoms with Gasteiger partial charge in [-0.15, -0.1) is 10.2 Å². The number of hydrogen-bond acceptors (Lipinski definition) is 7. The van der Waals surface area contributed by atoms with Gasteiger partial charge in [0, 0.05) is 22.5 Å². The number of carboxylic acids is 1.